The first-order valence-corrected chi connectivity index (χ1v) is 7.51. The number of nitrogens with zero attached hydrogens (tertiary/aromatic N) is 3. The van der Waals surface area contributed by atoms with Crippen molar-refractivity contribution in [3.05, 3.63) is 28.2 Å². The molecule has 1 saturated carbocycles. The maximum absolute atomic E-state index is 12.4. The Hall–Kier alpha value is -1.69. The third kappa shape index (κ3) is 3.69. The van der Waals surface area contributed by atoms with Crippen LogP contribution in [0.3, 0.4) is 0 Å². The molecule has 6 nitrogen and oxygen atoms in total. The van der Waals surface area contributed by atoms with E-state index in [1.807, 2.05) is 6.92 Å². The van der Waals surface area contributed by atoms with Crippen molar-refractivity contribution in [3.63, 3.8) is 0 Å². The van der Waals surface area contributed by atoms with Gasteiger partial charge in [-0.3, -0.25) is 9.59 Å². The number of hydrogen-bond donors (Lipinski definition) is 1. The van der Waals surface area contributed by atoms with E-state index in [0.29, 0.717) is 13.1 Å². The third-order valence-corrected chi connectivity index (χ3v) is 3.93. The number of aromatic nitrogens is 2. The van der Waals surface area contributed by atoms with Gasteiger partial charge in [0.2, 0.25) is 0 Å². The van der Waals surface area contributed by atoms with Crippen LogP contribution in [0.4, 0.5) is 0 Å². The number of carbonyl (C=O) groups is 1. The number of amides is 1. The maximum atomic E-state index is 12.4. The van der Waals surface area contributed by atoms with Crippen molar-refractivity contribution in [2.24, 2.45) is 0 Å². The van der Waals surface area contributed by atoms with Crippen LogP contribution in [0.1, 0.15) is 49.5 Å². The molecule has 6 heteroatoms. The Morgan fingerprint density at radius 3 is 2.71 bits per heavy atom. The second-order valence-electron chi connectivity index (χ2n) is 5.87. The number of aryl methyl sites for hydroxylation is 1. The minimum Gasteiger partial charge on any atom is -0.388 e. The molecule has 21 heavy (non-hydrogen) atoms. The first kappa shape index (κ1) is 15.7. The lowest BCUT2D eigenvalue weighted by molar-refractivity contribution is 0.0154. The molecule has 1 N–H and O–H groups in total. The van der Waals surface area contributed by atoms with Gasteiger partial charge >= 0.3 is 0 Å². The summed E-state index contributed by atoms with van der Waals surface area (Å²) in [7, 11) is 1.66. The molecule has 1 heterocycles. The molecule has 0 bridgehead atoms. The molecule has 0 spiro atoms. The van der Waals surface area contributed by atoms with Gasteiger partial charge < -0.3 is 10.0 Å². The molecular weight excluding hydrogens is 270 g/mol. The highest BCUT2D eigenvalue weighted by Gasteiger charge is 2.33. The van der Waals surface area contributed by atoms with E-state index in [0.717, 1.165) is 32.1 Å². The van der Waals surface area contributed by atoms with E-state index in [1.165, 1.54) is 21.7 Å². The van der Waals surface area contributed by atoms with Crippen LogP contribution in [0, 0.1) is 0 Å². The van der Waals surface area contributed by atoms with Gasteiger partial charge in [0.1, 0.15) is 5.69 Å². The molecule has 0 saturated heterocycles. The van der Waals surface area contributed by atoms with Crippen LogP contribution in [-0.2, 0) is 6.54 Å². The summed E-state index contributed by atoms with van der Waals surface area (Å²) >= 11 is 0. The number of aliphatic hydroxyl groups is 1. The van der Waals surface area contributed by atoms with Gasteiger partial charge in [0.15, 0.2) is 0 Å². The van der Waals surface area contributed by atoms with Crippen LogP contribution in [0.5, 0.6) is 0 Å². The third-order valence-electron chi connectivity index (χ3n) is 3.93. The molecule has 1 aromatic rings. The molecule has 0 aliphatic heterocycles. The highest BCUT2D eigenvalue weighted by Crippen LogP contribution is 2.30. The van der Waals surface area contributed by atoms with Gasteiger partial charge in [0.05, 0.1) is 5.60 Å². The Morgan fingerprint density at radius 2 is 2.10 bits per heavy atom. The number of carbonyl (C=O) groups excluding carboxylic acids is 1. The number of hydrogen-bond acceptors (Lipinski definition) is 4. The van der Waals surface area contributed by atoms with E-state index in [1.54, 1.807) is 7.05 Å². The summed E-state index contributed by atoms with van der Waals surface area (Å²) in [6, 6.07) is 2.82. The first-order chi connectivity index (χ1) is 9.95. The largest absolute Gasteiger partial charge is 0.388 e. The van der Waals surface area contributed by atoms with Gasteiger partial charge in [-0.15, -0.1) is 0 Å². The molecule has 116 valence electrons. The lowest BCUT2D eigenvalue weighted by atomic mass is 10.0. The molecule has 0 radical (unpaired) electrons. The van der Waals surface area contributed by atoms with Crippen molar-refractivity contribution in [2.75, 3.05) is 13.6 Å². The van der Waals surface area contributed by atoms with Crippen LogP contribution in [0.25, 0.3) is 0 Å². The van der Waals surface area contributed by atoms with Gasteiger partial charge in [-0.05, 0) is 25.3 Å². The maximum Gasteiger partial charge on any atom is 0.274 e. The first-order valence-electron chi connectivity index (χ1n) is 7.51. The SMILES string of the molecule is CCCn1nc(C(=O)N(C)CC2(O)CCCC2)ccc1=O. The number of rotatable bonds is 5. The van der Waals surface area contributed by atoms with Crippen LogP contribution in [0.15, 0.2) is 16.9 Å². The van der Waals surface area contributed by atoms with E-state index >= 15 is 0 Å². The summed E-state index contributed by atoms with van der Waals surface area (Å²) in [4.78, 5) is 25.5. The van der Waals surface area contributed by atoms with Crippen LogP contribution in [0.2, 0.25) is 0 Å². The Labute approximate surface area is 124 Å². The van der Waals surface area contributed by atoms with Crippen LogP contribution >= 0.6 is 0 Å². The summed E-state index contributed by atoms with van der Waals surface area (Å²) in [5.74, 6) is -0.264. The van der Waals surface area contributed by atoms with E-state index < -0.39 is 5.60 Å². The lowest BCUT2D eigenvalue weighted by Crippen LogP contribution is -2.42. The van der Waals surface area contributed by atoms with Crippen molar-refractivity contribution in [3.8, 4) is 0 Å². The molecule has 1 aromatic heterocycles. The van der Waals surface area contributed by atoms with Gasteiger partial charge in [-0.25, -0.2) is 4.68 Å². The normalized spacial score (nSPS) is 16.9. The fourth-order valence-electron chi connectivity index (χ4n) is 2.84. The summed E-state index contributed by atoms with van der Waals surface area (Å²) in [6.45, 7) is 2.75. The van der Waals surface area contributed by atoms with Crippen LogP contribution in [-0.4, -0.2) is 44.9 Å². The average molecular weight is 293 g/mol. The molecule has 0 aromatic carbocycles. The van der Waals surface area contributed by atoms with Gasteiger partial charge in [-0.1, -0.05) is 19.8 Å². The standard InChI is InChI=1S/C15H23N3O3/c1-3-10-18-13(19)7-6-12(16-18)14(20)17(2)11-15(21)8-4-5-9-15/h6-7,21H,3-5,8-11H2,1-2H3. The molecule has 1 fully saturated rings. The van der Waals surface area contributed by atoms with E-state index in [2.05, 4.69) is 5.10 Å². The lowest BCUT2D eigenvalue weighted by Gasteiger charge is -2.28. The fourth-order valence-corrected chi connectivity index (χ4v) is 2.84. The second kappa shape index (κ2) is 6.39. The minimum atomic E-state index is -0.776. The van der Waals surface area contributed by atoms with E-state index in [-0.39, 0.29) is 17.2 Å². The molecule has 1 aliphatic carbocycles. The quantitative estimate of drug-likeness (QED) is 0.880. The zero-order valence-electron chi connectivity index (χ0n) is 12.7. The molecule has 0 atom stereocenters. The molecule has 1 amide bonds. The van der Waals surface area contributed by atoms with E-state index in [4.69, 9.17) is 0 Å². The summed E-state index contributed by atoms with van der Waals surface area (Å²) < 4.78 is 1.31. The van der Waals surface area contributed by atoms with Crippen molar-refractivity contribution in [1.29, 1.82) is 0 Å². The smallest absolute Gasteiger partial charge is 0.274 e. The highest BCUT2D eigenvalue weighted by atomic mass is 16.3. The Morgan fingerprint density at radius 1 is 1.43 bits per heavy atom. The van der Waals surface area contributed by atoms with Crippen molar-refractivity contribution >= 4 is 5.91 Å². The van der Waals surface area contributed by atoms with Crippen LogP contribution < -0.4 is 5.56 Å². The Balaban J connectivity index is 2.11. The molecule has 0 unspecified atom stereocenters. The predicted molar refractivity (Wildman–Crippen MR) is 79.2 cm³/mol. The minimum absolute atomic E-state index is 0.203. The summed E-state index contributed by atoms with van der Waals surface area (Å²) in [6.07, 6.45) is 4.23. The van der Waals surface area contributed by atoms with Gasteiger partial charge in [-0.2, -0.15) is 5.10 Å². The Kier molecular flexibility index (Phi) is 4.77. The monoisotopic (exact) mass is 293 g/mol. The molecule has 1 aliphatic rings. The predicted octanol–water partition coefficient (Wildman–Crippen LogP) is 1.03. The Bertz CT molecular complexity index is 562. The van der Waals surface area contributed by atoms with Crippen molar-refractivity contribution in [1.82, 2.24) is 14.7 Å². The zero-order chi connectivity index (χ0) is 15.5. The highest BCUT2D eigenvalue weighted by molar-refractivity contribution is 5.91. The number of likely N-dealkylation sites (N-methyl/N-ethyl adjacent to an activating group) is 1. The second-order valence-corrected chi connectivity index (χ2v) is 5.87. The van der Waals surface area contributed by atoms with Gasteiger partial charge in [0, 0.05) is 26.2 Å². The zero-order valence-corrected chi connectivity index (χ0v) is 12.7. The topological polar surface area (TPSA) is 75.4 Å². The van der Waals surface area contributed by atoms with Crippen molar-refractivity contribution < 1.29 is 9.90 Å². The summed E-state index contributed by atoms with van der Waals surface area (Å²) in [5, 5.41) is 14.5. The molecule has 2 rings (SSSR count). The van der Waals surface area contributed by atoms with E-state index in [9.17, 15) is 14.7 Å². The van der Waals surface area contributed by atoms with Crippen molar-refractivity contribution in [2.45, 2.75) is 51.2 Å². The fraction of sp³-hybridized carbons (Fsp3) is 0.667. The average Bonchev–Trinajstić information content (AvgIpc) is 2.87. The van der Waals surface area contributed by atoms with Gasteiger partial charge in [0.25, 0.3) is 11.5 Å². The molecular formula is C15H23N3O3. The summed E-state index contributed by atoms with van der Waals surface area (Å²) in [5.41, 5.74) is -0.736.